The monoisotopic (exact) mass is 289 g/mol. The Kier molecular flexibility index (Phi) is 6.24. The molecular weight excluding hydrogens is 262 g/mol. The van der Waals surface area contributed by atoms with Crippen molar-refractivity contribution in [3.63, 3.8) is 0 Å². The first-order valence-electron chi connectivity index (χ1n) is 8.12. The Hall–Kier alpha value is -1.35. The van der Waals surface area contributed by atoms with E-state index in [1.807, 2.05) is 24.3 Å². The van der Waals surface area contributed by atoms with Gasteiger partial charge in [-0.25, -0.2) is 0 Å². The van der Waals surface area contributed by atoms with Crippen molar-refractivity contribution in [3.05, 3.63) is 29.8 Å². The van der Waals surface area contributed by atoms with E-state index in [1.54, 1.807) is 6.92 Å². The van der Waals surface area contributed by atoms with Gasteiger partial charge in [0, 0.05) is 6.54 Å². The van der Waals surface area contributed by atoms with E-state index in [9.17, 15) is 4.79 Å². The van der Waals surface area contributed by atoms with Crippen LogP contribution in [0, 0.1) is 5.92 Å². The summed E-state index contributed by atoms with van der Waals surface area (Å²) in [5.74, 6) is 1.63. The second kappa shape index (κ2) is 8.18. The highest BCUT2D eigenvalue weighted by Crippen LogP contribution is 2.19. The first-order valence-corrected chi connectivity index (χ1v) is 8.12. The summed E-state index contributed by atoms with van der Waals surface area (Å²) in [5, 5.41) is 0. The molecule has 1 atom stereocenters. The molecule has 0 spiro atoms. The number of carbonyl (C=O) groups excluding carboxylic acids is 1. The van der Waals surface area contributed by atoms with Crippen LogP contribution in [0.4, 0.5) is 0 Å². The van der Waals surface area contributed by atoms with E-state index in [1.165, 1.54) is 32.5 Å². The standard InChI is InChI=1S/C18H27NO2/c1-15-8-7-12-19(14-15)11-5-6-13-21-18-10-4-3-9-17(18)16(2)20/h3-4,9-10,15H,5-8,11-14H2,1-2H3/t15-/m0/s1. The maximum atomic E-state index is 11.5. The van der Waals surface area contributed by atoms with Crippen molar-refractivity contribution in [1.29, 1.82) is 0 Å². The fourth-order valence-electron chi connectivity index (χ4n) is 2.99. The Balaban J connectivity index is 1.67. The van der Waals surface area contributed by atoms with Crippen LogP contribution in [0.2, 0.25) is 0 Å². The molecule has 0 saturated carbocycles. The summed E-state index contributed by atoms with van der Waals surface area (Å²) in [6, 6.07) is 7.49. The van der Waals surface area contributed by atoms with Gasteiger partial charge >= 0.3 is 0 Å². The molecule has 0 unspecified atom stereocenters. The Morgan fingerprint density at radius 2 is 2.14 bits per heavy atom. The lowest BCUT2D eigenvalue weighted by atomic mass is 10.0. The molecule has 0 aromatic heterocycles. The fraction of sp³-hybridized carbons (Fsp3) is 0.611. The van der Waals surface area contributed by atoms with Gasteiger partial charge in [-0.3, -0.25) is 4.79 Å². The highest BCUT2D eigenvalue weighted by Gasteiger charge is 2.15. The number of hydrogen-bond donors (Lipinski definition) is 0. The van der Waals surface area contributed by atoms with Gasteiger partial charge in [-0.05, 0) is 63.7 Å². The summed E-state index contributed by atoms with van der Waals surface area (Å²) in [4.78, 5) is 14.1. The quantitative estimate of drug-likeness (QED) is 0.565. The summed E-state index contributed by atoms with van der Waals surface area (Å²) in [6.07, 6.45) is 4.91. The molecule has 1 aromatic carbocycles. The highest BCUT2D eigenvalue weighted by molar-refractivity contribution is 5.96. The second-order valence-corrected chi connectivity index (χ2v) is 6.16. The molecule has 21 heavy (non-hydrogen) atoms. The van der Waals surface area contributed by atoms with Gasteiger partial charge in [0.2, 0.25) is 0 Å². The predicted octanol–water partition coefficient (Wildman–Crippen LogP) is 3.78. The first-order chi connectivity index (χ1) is 10.2. The maximum absolute atomic E-state index is 11.5. The lowest BCUT2D eigenvalue weighted by molar-refractivity contribution is 0.101. The number of ether oxygens (including phenoxy) is 1. The summed E-state index contributed by atoms with van der Waals surface area (Å²) in [7, 11) is 0. The largest absolute Gasteiger partial charge is 0.493 e. The number of unbranched alkanes of at least 4 members (excludes halogenated alkanes) is 1. The number of hydrogen-bond acceptors (Lipinski definition) is 3. The maximum Gasteiger partial charge on any atom is 0.163 e. The number of Topliss-reactive ketones (excluding diaryl/α,β-unsaturated/α-hetero) is 1. The van der Waals surface area contributed by atoms with Crippen LogP contribution in [0.5, 0.6) is 5.75 Å². The van der Waals surface area contributed by atoms with Crippen molar-refractivity contribution < 1.29 is 9.53 Å². The molecule has 1 fully saturated rings. The minimum absolute atomic E-state index is 0.0629. The number of piperidine rings is 1. The number of rotatable bonds is 7. The summed E-state index contributed by atoms with van der Waals surface area (Å²) in [5.41, 5.74) is 0.683. The molecule has 0 N–H and O–H groups in total. The lowest BCUT2D eigenvalue weighted by Gasteiger charge is -2.30. The van der Waals surface area contributed by atoms with E-state index >= 15 is 0 Å². The first kappa shape index (κ1) is 16.0. The molecule has 2 rings (SSSR count). The van der Waals surface area contributed by atoms with Crippen LogP contribution in [0.3, 0.4) is 0 Å². The number of ketones is 1. The van der Waals surface area contributed by atoms with Gasteiger partial charge in [0.15, 0.2) is 5.78 Å². The third-order valence-electron chi connectivity index (χ3n) is 4.13. The average molecular weight is 289 g/mol. The van der Waals surface area contributed by atoms with Crippen LogP contribution in [0.1, 0.15) is 49.9 Å². The number of likely N-dealkylation sites (tertiary alicyclic amines) is 1. The van der Waals surface area contributed by atoms with Gasteiger partial charge in [0.1, 0.15) is 5.75 Å². The molecule has 1 aliphatic heterocycles. The van der Waals surface area contributed by atoms with Crippen LogP contribution < -0.4 is 4.74 Å². The number of nitrogens with zero attached hydrogens (tertiary/aromatic N) is 1. The molecular formula is C18H27NO2. The van der Waals surface area contributed by atoms with Crippen molar-refractivity contribution in [2.75, 3.05) is 26.2 Å². The smallest absolute Gasteiger partial charge is 0.163 e. The van der Waals surface area contributed by atoms with Crippen LogP contribution in [-0.4, -0.2) is 36.9 Å². The van der Waals surface area contributed by atoms with Gasteiger partial charge in [0.25, 0.3) is 0 Å². The second-order valence-electron chi connectivity index (χ2n) is 6.16. The van der Waals surface area contributed by atoms with E-state index in [-0.39, 0.29) is 5.78 Å². The molecule has 0 radical (unpaired) electrons. The fourth-order valence-corrected chi connectivity index (χ4v) is 2.99. The van der Waals surface area contributed by atoms with Crippen LogP contribution in [0.15, 0.2) is 24.3 Å². The third-order valence-corrected chi connectivity index (χ3v) is 4.13. The molecule has 116 valence electrons. The van der Waals surface area contributed by atoms with Crippen molar-refractivity contribution in [2.45, 2.75) is 39.5 Å². The summed E-state index contributed by atoms with van der Waals surface area (Å²) >= 11 is 0. The van der Waals surface area contributed by atoms with Crippen molar-refractivity contribution in [3.8, 4) is 5.75 Å². The van der Waals surface area contributed by atoms with Crippen LogP contribution >= 0.6 is 0 Å². The highest BCUT2D eigenvalue weighted by atomic mass is 16.5. The van der Waals surface area contributed by atoms with Gasteiger partial charge in [-0.1, -0.05) is 19.1 Å². The van der Waals surface area contributed by atoms with Gasteiger partial charge < -0.3 is 9.64 Å². The molecule has 0 aliphatic carbocycles. The summed E-state index contributed by atoms with van der Waals surface area (Å²) in [6.45, 7) is 8.27. The Bertz CT molecular complexity index is 458. The Morgan fingerprint density at radius 3 is 2.90 bits per heavy atom. The SMILES string of the molecule is CC(=O)c1ccccc1OCCCCN1CCC[C@H](C)C1. The zero-order chi connectivity index (χ0) is 15.1. The normalized spacial score (nSPS) is 19.4. The van der Waals surface area contributed by atoms with Crippen molar-refractivity contribution >= 4 is 5.78 Å². The predicted molar refractivity (Wildman–Crippen MR) is 86.0 cm³/mol. The molecule has 1 aromatic rings. The van der Waals surface area contributed by atoms with Gasteiger partial charge in [-0.2, -0.15) is 0 Å². The van der Waals surface area contributed by atoms with Gasteiger partial charge in [0.05, 0.1) is 12.2 Å². The minimum Gasteiger partial charge on any atom is -0.493 e. The molecule has 1 aliphatic rings. The third kappa shape index (κ3) is 5.16. The molecule has 3 nitrogen and oxygen atoms in total. The van der Waals surface area contributed by atoms with E-state index in [2.05, 4.69) is 11.8 Å². The van der Waals surface area contributed by atoms with Crippen LogP contribution in [-0.2, 0) is 0 Å². The topological polar surface area (TPSA) is 29.5 Å². The molecule has 0 bridgehead atoms. The van der Waals surface area contributed by atoms with E-state index in [0.717, 1.165) is 24.5 Å². The van der Waals surface area contributed by atoms with E-state index in [4.69, 9.17) is 4.74 Å². The minimum atomic E-state index is 0.0629. The lowest BCUT2D eigenvalue weighted by Crippen LogP contribution is -2.35. The molecule has 0 amide bonds. The zero-order valence-electron chi connectivity index (χ0n) is 13.3. The van der Waals surface area contributed by atoms with E-state index in [0.29, 0.717) is 12.2 Å². The van der Waals surface area contributed by atoms with Crippen LogP contribution in [0.25, 0.3) is 0 Å². The molecule has 1 heterocycles. The molecule has 3 heteroatoms. The average Bonchev–Trinajstić information content (AvgIpc) is 2.47. The Labute approximate surface area is 128 Å². The zero-order valence-corrected chi connectivity index (χ0v) is 13.3. The number of para-hydroxylation sites is 1. The van der Waals surface area contributed by atoms with E-state index < -0.39 is 0 Å². The number of carbonyl (C=O) groups is 1. The van der Waals surface area contributed by atoms with Crippen molar-refractivity contribution in [2.24, 2.45) is 5.92 Å². The molecule has 1 saturated heterocycles. The van der Waals surface area contributed by atoms with Crippen molar-refractivity contribution in [1.82, 2.24) is 4.90 Å². The summed E-state index contributed by atoms with van der Waals surface area (Å²) < 4.78 is 5.77. The Morgan fingerprint density at radius 1 is 1.33 bits per heavy atom. The number of benzene rings is 1. The van der Waals surface area contributed by atoms with Gasteiger partial charge in [-0.15, -0.1) is 0 Å².